The van der Waals surface area contributed by atoms with Crippen LogP contribution in [0.1, 0.15) is 12.8 Å². The molecule has 1 aliphatic carbocycles. The smallest absolute Gasteiger partial charge is 0.227 e. The Bertz CT molecular complexity index is 1610. The lowest BCUT2D eigenvalue weighted by Gasteiger charge is -2.35. The van der Waals surface area contributed by atoms with Crippen LogP contribution >= 0.6 is 0 Å². The monoisotopic (exact) mass is 566 g/mol. The number of pyridine rings is 1. The summed E-state index contributed by atoms with van der Waals surface area (Å²) >= 11 is 0. The number of nitrogens with one attached hydrogen (secondary N) is 1. The predicted octanol–water partition coefficient (Wildman–Crippen LogP) is 2.67. The highest BCUT2D eigenvalue weighted by Gasteiger charge is 2.30. The highest BCUT2D eigenvalue weighted by molar-refractivity contribution is 5.98. The number of nitrogens with zero attached hydrogens (tertiary/aromatic N) is 8. The van der Waals surface area contributed by atoms with Gasteiger partial charge in [-0.25, -0.2) is 19.9 Å². The number of nitrogens with two attached hydrogens (primary N) is 1. The SMILES string of the molecule is CN1CCN(c2ccc(-c3cnc4c(N5CCOCC5)nc(-c5cnc(N)nc5)nc4c3)cc2NC(=O)C2CC2)CC1. The molecule has 4 aromatic rings. The average molecular weight is 567 g/mol. The minimum absolute atomic E-state index is 0.0948. The number of carbonyl (C=O) groups is 1. The number of morpholine rings is 1. The molecule has 3 aromatic heterocycles. The summed E-state index contributed by atoms with van der Waals surface area (Å²) in [6.45, 7) is 6.47. The summed E-state index contributed by atoms with van der Waals surface area (Å²) < 4.78 is 5.58. The highest BCUT2D eigenvalue weighted by atomic mass is 16.5. The minimum atomic E-state index is 0.0948. The van der Waals surface area contributed by atoms with Crippen LogP contribution in [0.25, 0.3) is 33.5 Å². The summed E-state index contributed by atoms with van der Waals surface area (Å²) in [5.74, 6) is 1.66. The van der Waals surface area contributed by atoms with Crippen LogP contribution in [0.15, 0.2) is 42.9 Å². The molecule has 3 aliphatic rings. The number of amides is 1. The van der Waals surface area contributed by atoms with Crippen LogP contribution in [0.5, 0.6) is 0 Å². The van der Waals surface area contributed by atoms with E-state index in [4.69, 9.17) is 25.4 Å². The van der Waals surface area contributed by atoms with Gasteiger partial charge in [0.05, 0.1) is 35.7 Å². The quantitative estimate of drug-likeness (QED) is 0.356. The summed E-state index contributed by atoms with van der Waals surface area (Å²) in [7, 11) is 2.14. The van der Waals surface area contributed by atoms with Crippen molar-refractivity contribution >= 4 is 40.1 Å². The van der Waals surface area contributed by atoms with Gasteiger partial charge in [0.15, 0.2) is 11.6 Å². The van der Waals surface area contributed by atoms with Gasteiger partial charge >= 0.3 is 0 Å². The summed E-state index contributed by atoms with van der Waals surface area (Å²) in [5.41, 5.74) is 11.6. The Balaban J connectivity index is 1.29. The van der Waals surface area contributed by atoms with Crippen molar-refractivity contribution in [1.82, 2.24) is 29.8 Å². The number of aromatic nitrogens is 5. The lowest BCUT2D eigenvalue weighted by atomic mass is 10.0. The third kappa shape index (κ3) is 5.42. The second kappa shape index (κ2) is 11.1. The molecule has 0 atom stereocenters. The van der Waals surface area contributed by atoms with Crippen molar-refractivity contribution in [1.29, 1.82) is 0 Å². The number of likely N-dealkylation sites (N-methyl/N-ethyl adjacent to an activating group) is 1. The first-order chi connectivity index (χ1) is 20.5. The largest absolute Gasteiger partial charge is 0.378 e. The van der Waals surface area contributed by atoms with E-state index >= 15 is 0 Å². The summed E-state index contributed by atoms with van der Waals surface area (Å²) in [5, 5.41) is 3.23. The Morgan fingerprint density at radius 2 is 1.62 bits per heavy atom. The van der Waals surface area contributed by atoms with Gasteiger partial charge in [-0.1, -0.05) is 6.07 Å². The second-order valence-corrected chi connectivity index (χ2v) is 11.2. The van der Waals surface area contributed by atoms with Gasteiger partial charge in [0.2, 0.25) is 11.9 Å². The van der Waals surface area contributed by atoms with Crippen molar-refractivity contribution in [3.63, 3.8) is 0 Å². The van der Waals surface area contributed by atoms with E-state index in [1.165, 1.54) is 0 Å². The zero-order valence-electron chi connectivity index (χ0n) is 23.7. The first-order valence-corrected chi connectivity index (χ1v) is 14.5. The molecule has 1 aromatic carbocycles. The normalized spacial score (nSPS) is 17.9. The molecule has 3 fully saturated rings. The van der Waals surface area contributed by atoms with Gasteiger partial charge in [-0.05, 0) is 43.7 Å². The van der Waals surface area contributed by atoms with Crippen molar-refractivity contribution in [2.24, 2.45) is 5.92 Å². The number of hydrogen-bond donors (Lipinski definition) is 2. The summed E-state index contributed by atoms with van der Waals surface area (Å²) in [4.78, 5) is 42.6. The number of ether oxygens (including phenoxy) is 1. The molecule has 1 saturated carbocycles. The molecule has 0 radical (unpaired) electrons. The van der Waals surface area contributed by atoms with E-state index in [0.29, 0.717) is 43.2 Å². The molecule has 12 nitrogen and oxygen atoms in total. The molecule has 0 unspecified atom stereocenters. The molecule has 216 valence electrons. The molecule has 0 bridgehead atoms. The molecule has 0 spiro atoms. The van der Waals surface area contributed by atoms with E-state index in [1.807, 2.05) is 12.3 Å². The van der Waals surface area contributed by atoms with Crippen molar-refractivity contribution in [3.05, 3.63) is 42.9 Å². The molecule has 3 N–H and O–H groups in total. The standard InChI is InChI=1S/C30H34N10O2/c1-38-6-8-39(9-7-38)25-5-4-20(14-23(25)36-29(41)19-2-3-19)21-15-24-26(32-16-21)28(40-10-12-42-13-11-40)37-27(35-24)22-17-33-30(31)34-18-22/h4-5,14-19H,2-3,6-13H2,1H3,(H,36,41)(H2,31,33,34). The van der Waals surface area contributed by atoms with E-state index in [0.717, 1.165) is 72.9 Å². The van der Waals surface area contributed by atoms with E-state index in [-0.39, 0.29) is 17.8 Å². The van der Waals surface area contributed by atoms with Gasteiger partial charge in [0.25, 0.3) is 0 Å². The molecule has 7 rings (SSSR count). The second-order valence-electron chi connectivity index (χ2n) is 11.2. The van der Waals surface area contributed by atoms with Crippen LogP contribution in [0, 0.1) is 5.92 Å². The fourth-order valence-corrected chi connectivity index (χ4v) is 5.46. The van der Waals surface area contributed by atoms with Crippen LogP contribution < -0.4 is 20.9 Å². The first-order valence-electron chi connectivity index (χ1n) is 14.5. The van der Waals surface area contributed by atoms with Gasteiger partial charge < -0.3 is 30.5 Å². The molecule has 2 aliphatic heterocycles. The van der Waals surface area contributed by atoms with Crippen LogP contribution in [0.3, 0.4) is 0 Å². The lowest BCUT2D eigenvalue weighted by molar-refractivity contribution is -0.117. The van der Waals surface area contributed by atoms with Gasteiger partial charge in [-0.3, -0.25) is 9.78 Å². The van der Waals surface area contributed by atoms with Crippen molar-refractivity contribution in [3.8, 4) is 22.5 Å². The average Bonchev–Trinajstić information content (AvgIpc) is 3.88. The number of hydrogen-bond acceptors (Lipinski definition) is 11. The number of fused-ring (bicyclic) bond motifs is 1. The number of benzene rings is 1. The van der Waals surface area contributed by atoms with Crippen molar-refractivity contribution in [2.45, 2.75) is 12.8 Å². The maximum Gasteiger partial charge on any atom is 0.227 e. The topological polar surface area (TPSA) is 139 Å². The predicted molar refractivity (Wildman–Crippen MR) is 162 cm³/mol. The van der Waals surface area contributed by atoms with E-state index in [1.54, 1.807) is 12.4 Å². The Hall–Kier alpha value is -4.42. The third-order valence-corrected chi connectivity index (χ3v) is 8.14. The number of rotatable bonds is 6. The maximum absolute atomic E-state index is 12.9. The molecule has 2 saturated heterocycles. The van der Waals surface area contributed by atoms with Gasteiger partial charge in [-0.2, -0.15) is 0 Å². The highest BCUT2D eigenvalue weighted by Crippen LogP contribution is 2.36. The third-order valence-electron chi connectivity index (χ3n) is 8.14. The zero-order valence-corrected chi connectivity index (χ0v) is 23.7. The summed E-state index contributed by atoms with van der Waals surface area (Å²) in [6, 6.07) is 8.31. The van der Waals surface area contributed by atoms with Crippen LogP contribution in [-0.4, -0.2) is 95.3 Å². The zero-order chi connectivity index (χ0) is 28.6. The van der Waals surface area contributed by atoms with Crippen LogP contribution in [0.2, 0.25) is 0 Å². The molecular formula is C30H34N10O2. The summed E-state index contributed by atoms with van der Waals surface area (Å²) in [6.07, 6.45) is 7.04. The Labute approximate surface area is 243 Å². The lowest BCUT2D eigenvalue weighted by Crippen LogP contribution is -2.44. The number of piperazine rings is 1. The molecule has 12 heteroatoms. The minimum Gasteiger partial charge on any atom is -0.378 e. The Morgan fingerprint density at radius 1 is 0.881 bits per heavy atom. The van der Waals surface area contributed by atoms with Crippen LogP contribution in [0.4, 0.5) is 23.1 Å². The molecule has 1 amide bonds. The Morgan fingerprint density at radius 3 is 2.36 bits per heavy atom. The Kier molecular flexibility index (Phi) is 7.00. The molecule has 5 heterocycles. The first kappa shape index (κ1) is 26.5. The number of nitrogen functional groups attached to an aromatic ring is 1. The van der Waals surface area contributed by atoms with Crippen LogP contribution in [-0.2, 0) is 9.53 Å². The molecule has 42 heavy (non-hydrogen) atoms. The fourth-order valence-electron chi connectivity index (χ4n) is 5.46. The van der Waals surface area contributed by atoms with Gasteiger partial charge in [-0.15, -0.1) is 0 Å². The van der Waals surface area contributed by atoms with E-state index < -0.39 is 0 Å². The van der Waals surface area contributed by atoms with Crippen molar-refractivity contribution in [2.75, 3.05) is 80.4 Å². The van der Waals surface area contributed by atoms with E-state index in [2.05, 4.69) is 55.2 Å². The van der Waals surface area contributed by atoms with Gasteiger partial charge in [0, 0.05) is 69.3 Å². The van der Waals surface area contributed by atoms with Crippen molar-refractivity contribution < 1.29 is 9.53 Å². The van der Waals surface area contributed by atoms with Gasteiger partial charge in [0.1, 0.15) is 5.52 Å². The molecular weight excluding hydrogens is 532 g/mol. The van der Waals surface area contributed by atoms with E-state index in [9.17, 15) is 4.79 Å². The maximum atomic E-state index is 12.9. The fraction of sp³-hybridized carbons (Fsp3) is 0.400. The number of anilines is 4. The number of carbonyl (C=O) groups excluding carboxylic acids is 1.